The van der Waals surface area contributed by atoms with E-state index >= 15 is 0 Å². The fraction of sp³-hybridized carbons (Fsp3) is 0.727. The minimum atomic E-state index is -0.265. The number of epoxide rings is 1. The average molecular weight is 198 g/mol. The summed E-state index contributed by atoms with van der Waals surface area (Å²) >= 11 is 0. The molecule has 0 aliphatic carbocycles. The van der Waals surface area contributed by atoms with E-state index in [9.17, 15) is 4.79 Å². The highest BCUT2D eigenvalue weighted by Crippen LogP contribution is 2.27. The lowest BCUT2D eigenvalue weighted by Gasteiger charge is -2.13. The molecule has 0 radical (unpaired) electrons. The van der Waals surface area contributed by atoms with Gasteiger partial charge in [0.15, 0.2) is 0 Å². The van der Waals surface area contributed by atoms with Gasteiger partial charge < -0.3 is 9.47 Å². The zero-order valence-electron chi connectivity index (χ0n) is 9.03. The first-order valence-corrected chi connectivity index (χ1v) is 5.11. The van der Waals surface area contributed by atoms with Crippen molar-refractivity contribution in [1.82, 2.24) is 0 Å². The Hall–Kier alpha value is -0.830. The highest BCUT2D eigenvalue weighted by Gasteiger charge is 2.32. The Kier molecular flexibility index (Phi) is 4.14. The summed E-state index contributed by atoms with van der Waals surface area (Å²) in [5.74, 6) is 0.561. The second-order valence-corrected chi connectivity index (χ2v) is 3.80. The lowest BCUT2D eigenvalue weighted by atomic mass is 9.92. The number of rotatable bonds is 5. The number of carbonyl (C=O) groups is 1. The van der Waals surface area contributed by atoms with Gasteiger partial charge in [-0.1, -0.05) is 19.9 Å². The zero-order valence-corrected chi connectivity index (χ0v) is 9.03. The van der Waals surface area contributed by atoms with Crippen molar-refractivity contribution in [3.8, 4) is 0 Å². The Balaban J connectivity index is 2.41. The van der Waals surface area contributed by atoms with Crippen LogP contribution in [-0.2, 0) is 14.3 Å². The lowest BCUT2D eigenvalue weighted by molar-refractivity contribution is -0.137. The first-order valence-electron chi connectivity index (χ1n) is 5.11. The molecule has 0 aromatic carbocycles. The number of esters is 1. The molecule has 3 heteroatoms. The molecule has 0 amide bonds. The molecule has 0 aromatic heterocycles. The van der Waals surface area contributed by atoms with Gasteiger partial charge in [0.25, 0.3) is 0 Å². The van der Waals surface area contributed by atoms with Crippen molar-refractivity contribution >= 4 is 5.97 Å². The summed E-state index contributed by atoms with van der Waals surface area (Å²) in [5.41, 5.74) is 0. The maximum Gasteiger partial charge on any atom is 0.330 e. The van der Waals surface area contributed by atoms with Crippen molar-refractivity contribution in [3.63, 3.8) is 0 Å². The van der Waals surface area contributed by atoms with Crippen LogP contribution in [0.4, 0.5) is 0 Å². The Morgan fingerprint density at radius 1 is 1.64 bits per heavy atom. The van der Waals surface area contributed by atoms with E-state index in [2.05, 4.69) is 13.8 Å². The van der Waals surface area contributed by atoms with E-state index in [4.69, 9.17) is 9.47 Å². The SMILES string of the molecule is CCOC(=O)/C=C/[C@@H](C(C)C)[C@@H]1CO1. The van der Waals surface area contributed by atoms with Crippen molar-refractivity contribution in [3.05, 3.63) is 12.2 Å². The molecule has 0 N–H and O–H groups in total. The van der Waals surface area contributed by atoms with Crippen LogP contribution in [0.3, 0.4) is 0 Å². The third-order valence-corrected chi connectivity index (χ3v) is 2.30. The van der Waals surface area contributed by atoms with Gasteiger partial charge >= 0.3 is 5.97 Å². The molecule has 14 heavy (non-hydrogen) atoms. The van der Waals surface area contributed by atoms with Crippen LogP contribution >= 0.6 is 0 Å². The smallest absolute Gasteiger partial charge is 0.330 e. The molecule has 0 aromatic rings. The highest BCUT2D eigenvalue weighted by atomic mass is 16.6. The van der Waals surface area contributed by atoms with Crippen LogP contribution in [0.1, 0.15) is 20.8 Å². The summed E-state index contributed by atoms with van der Waals surface area (Å²) < 4.78 is 10.0. The van der Waals surface area contributed by atoms with Crippen molar-refractivity contribution in [2.45, 2.75) is 26.9 Å². The van der Waals surface area contributed by atoms with Gasteiger partial charge in [0.2, 0.25) is 0 Å². The Labute approximate surface area is 85.1 Å². The Morgan fingerprint density at radius 3 is 2.71 bits per heavy atom. The standard InChI is InChI=1S/C11H18O3/c1-4-13-11(12)6-5-9(8(2)3)10-7-14-10/h5-6,8-10H,4,7H2,1-3H3/b6-5+/t9-,10-/m0/s1. The number of hydrogen-bond donors (Lipinski definition) is 0. The highest BCUT2D eigenvalue weighted by molar-refractivity contribution is 5.81. The van der Waals surface area contributed by atoms with E-state index in [1.807, 2.05) is 6.08 Å². The van der Waals surface area contributed by atoms with Crippen LogP contribution in [0.25, 0.3) is 0 Å². The molecule has 1 rings (SSSR count). The van der Waals surface area contributed by atoms with Gasteiger partial charge in [0.05, 0.1) is 19.3 Å². The maximum absolute atomic E-state index is 11.1. The summed E-state index contributed by atoms with van der Waals surface area (Å²) in [7, 11) is 0. The van der Waals surface area contributed by atoms with Crippen molar-refractivity contribution in [1.29, 1.82) is 0 Å². The molecule has 1 saturated heterocycles. The molecule has 1 heterocycles. The topological polar surface area (TPSA) is 38.8 Å². The zero-order chi connectivity index (χ0) is 10.6. The minimum Gasteiger partial charge on any atom is -0.463 e. The monoisotopic (exact) mass is 198 g/mol. The van der Waals surface area contributed by atoms with E-state index in [1.54, 1.807) is 6.92 Å². The van der Waals surface area contributed by atoms with Gasteiger partial charge in [-0.25, -0.2) is 4.79 Å². The molecular weight excluding hydrogens is 180 g/mol. The molecule has 0 saturated carbocycles. The van der Waals surface area contributed by atoms with Crippen molar-refractivity contribution in [2.24, 2.45) is 11.8 Å². The summed E-state index contributed by atoms with van der Waals surface area (Å²) in [6.45, 7) is 7.30. The quantitative estimate of drug-likeness (QED) is 0.384. The largest absolute Gasteiger partial charge is 0.463 e. The molecule has 0 unspecified atom stereocenters. The van der Waals surface area contributed by atoms with E-state index in [0.29, 0.717) is 24.5 Å². The summed E-state index contributed by atoms with van der Waals surface area (Å²) in [4.78, 5) is 11.1. The minimum absolute atomic E-state index is 0.265. The second kappa shape index (κ2) is 5.15. The Bertz CT molecular complexity index is 215. The predicted molar refractivity (Wildman–Crippen MR) is 53.8 cm³/mol. The molecule has 3 nitrogen and oxygen atoms in total. The number of ether oxygens (including phenoxy) is 2. The van der Waals surface area contributed by atoms with Gasteiger partial charge in [-0.15, -0.1) is 0 Å². The summed E-state index contributed by atoms with van der Waals surface area (Å²) in [5, 5.41) is 0. The van der Waals surface area contributed by atoms with Crippen LogP contribution in [0.15, 0.2) is 12.2 Å². The third-order valence-electron chi connectivity index (χ3n) is 2.30. The maximum atomic E-state index is 11.1. The number of carbonyl (C=O) groups excluding carboxylic acids is 1. The first kappa shape index (κ1) is 11.2. The second-order valence-electron chi connectivity index (χ2n) is 3.80. The molecular formula is C11H18O3. The molecule has 0 bridgehead atoms. The average Bonchev–Trinajstić information content (AvgIpc) is 2.88. The van der Waals surface area contributed by atoms with Crippen LogP contribution in [0.2, 0.25) is 0 Å². The fourth-order valence-electron chi connectivity index (χ4n) is 1.43. The molecule has 1 fully saturated rings. The molecule has 1 aliphatic heterocycles. The predicted octanol–water partition coefficient (Wildman–Crippen LogP) is 1.78. The first-order chi connectivity index (χ1) is 6.65. The molecule has 0 spiro atoms. The normalized spacial score (nSPS) is 22.7. The summed E-state index contributed by atoms with van der Waals surface area (Å²) in [6, 6.07) is 0. The number of hydrogen-bond acceptors (Lipinski definition) is 3. The van der Waals surface area contributed by atoms with Gasteiger partial charge in [0.1, 0.15) is 0 Å². The fourth-order valence-corrected chi connectivity index (χ4v) is 1.43. The molecule has 80 valence electrons. The van der Waals surface area contributed by atoms with Gasteiger partial charge in [-0.05, 0) is 12.8 Å². The van der Waals surface area contributed by atoms with E-state index in [0.717, 1.165) is 6.61 Å². The van der Waals surface area contributed by atoms with E-state index < -0.39 is 0 Å². The lowest BCUT2D eigenvalue weighted by Crippen LogP contribution is -2.13. The van der Waals surface area contributed by atoms with E-state index in [1.165, 1.54) is 6.08 Å². The summed E-state index contributed by atoms with van der Waals surface area (Å²) in [6.07, 6.45) is 3.72. The van der Waals surface area contributed by atoms with Gasteiger partial charge in [-0.3, -0.25) is 0 Å². The van der Waals surface area contributed by atoms with Crippen molar-refractivity contribution < 1.29 is 14.3 Å². The van der Waals surface area contributed by atoms with Crippen LogP contribution in [0.5, 0.6) is 0 Å². The van der Waals surface area contributed by atoms with Crippen LogP contribution in [0, 0.1) is 11.8 Å². The van der Waals surface area contributed by atoms with Crippen LogP contribution < -0.4 is 0 Å². The van der Waals surface area contributed by atoms with Crippen molar-refractivity contribution in [2.75, 3.05) is 13.2 Å². The van der Waals surface area contributed by atoms with E-state index in [-0.39, 0.29) is 5.97 Å². The Morgan fingerprint density at radius 2 is 2.29 bits per heavy atom. The van der Waals surface area contributed by atoms with Gasteiger partial charge in [-0.2, -0.15) is 0 Å². The molecule has 1 aliphatic rings. The van der Waals surface area contributed by atoms with Gasteiger partial charge in [0, 0.05) is 12.0 Å². The molecule has 2 atom stereocenters. The van der Waals surface area contributed by atoms with Crippen LogP contribution in [-0.4, -0.2) is 25.3 Å². The third kappa shape index (κ3) is 3.50.